The summed E-state index contributed by atoms with van der Waals surface area (Å²) in [5.74, 6) is -0.334. The van der Waals surface area contributed by atoms with Crippen molar-refractivity contribution in [1.29, 1.82) is 0 Å². The fraction of sp³-hybridized carbons (Fsp3) is 0.357. The number of esters is 1. The largest absolute Gasteiger partial charge is 0.446 e. The molecule has 3 heteroatoms. The molecule has 0 spiro atoms. The third-order valence-corrected chi connectivity index (χ3v) is 3.41. The summed E-state index contributed by atoms with van der Waals surface area (Å²) >= 11 is 0. The number of hydrogen-bond donors (Lipinski definition) is 1. The number of carbonyl (C=O) groups is 1. The molecule has 1 aliphatic heterocycles. The van der Waals surface area contributed by atoms with Gasteiger partial charge >= 0.3 is 5.97 Å². The van der Waals surface area contributed by atoms with Crippen molar-refractivity contribution in [3.63, 3.8) is 0 Å². The van der Waals surface area contributed by atoms with E-state index in [1.807, 2.05) is 37.3 Å². The van der Waals surface area contributed by atoms with Crippen molar-refractivity contribution < 1.29 is 14.6 Å². The zero-order chi connectivity index (χ0) is 12.5. The van der Waals surface area contributed by atoms with Crippen LogP contribution in [0.1, 0.15) is 25.8 Å². The standard InChI is InChI=1S/C14H16O3/c1-3-14(11-7-5-4-6-8-11)12(9-15)10(2)13(16)17-14/h4-8,15H,3,9H2,1-2H3. The minimum Gasteiger partial charge on any atom is -0.446 e. The number of carbonyl (C=O) groups excluding carboxylic acids is 1. The van der Waals surface area contributed by atoms with Crippen LogP contribution in [-0.4, -0.2) is 17.7 Å². The van der Waals surface area contributed by atoms with Gasteiger partial charge in [-0.25, -0.2) is 4.79 Å². The number of aliphatic hydroxyl groups excluding tert-OH is 1. The van der Waals surface area contributed by atoms with E-state index in [1.165, 1.54) is 0 Å². The van der Waals surface area contributed by atoms with Gasteiger partial charge in [-0.2, -0.15) is 0 Å². The second-order valence-electron chi connectivity index (χ2n) is 4.20. The van der Waals surface area contributed by atoms with E-state index in [4.69, 9.17) is 4.74 Å². The molecule has 0 saturated carbocycles. The van der Waals surface area contributed by atoms with Crippen LogP contribution in [0.3, 0.4) is 0 Å². The predicted molar refractivity (Wildman–Crippen MR) is 64.3 cm³/mol. The Bertz CT molecular complexity index is 462. The summed E-state index contributed by atoms with van der Waals surface area (Å²) in [5, 5.41) is 9.49. The number of rotatable bonds is 3. The van der Waals surface area contributed by atoms with Crippen molar-refractivity contribution >= 4 is 5.97 Å². The Labute approximate surface area is 101 Å². The summed E-state index contributed by atoms with van der Waals surface area (Å²) in [6.45, 7) is 3.50. The Morgan fingerprint density at radius 3 is 2.47 bits per heavy atom. The molecule has 0 aromatic heterocycles. The average molecular weight is 232 g/mol. The summed E-state index contributed by atoms with van der Waals surface area (Å²) in [7, 11) is 0. The second kappa shape index (κ2) is 4.34. The molecule has 1 aromatic carbocycles. The molecule has 0 fully saturated rings. The van der Waals surface area contributed by atoms with E-state index in [9.17, 15) is 9.90 Å². The lowest BCUT2D eigenvalue weighted by atomic mass is 9.83. The maximum absolute atomic E-state index is 11.7. The van der Waals surface area contributed by atoms with Crippen LogP contribution in [0.15, 0.2) is 41.5 Å². The Morgan fingerprint density at radius 1 is 1.29 bits per heavy atom. The first-order chi connectivity index (χ1) is 8.15. The lowest BCUT2D eigenvalue weighted by Crippen LogP contribution is -2.29. The van der Waals surface area contributed by atoms with Gasteiger partial charge in [0, 0.05) is 11.1 Å². The van der Waals surface area contributed by atoms with Crippen molar-refractivity contribution in [3.05, 3.63) is 47.0 Å². The Kier molecular flexibility index (Phi) is 3.03. The van der Waals surface area contributed by atoms with Crippen LogP contribution in [0.2, 0.25) is 0 Å². The number of benzene rings is 1. The van der Waals surface area contributed by atoms with Crippen molar-refractivity contribution in [2.45, 2.75) is 25.9 Å². The molecule has 0 radical (unpaired) electrons. The van der Waals surface area contributed by atoms with E-state index >= 15 is 0 Å². The van der Waals surface area contributed by atoms with Crippen molar-refractivity contribution in [2.75, 3.05) is 6.61 Å². The molecule has 1 heterocycles. The number of ether oxygens (including phenoxy) is 1. The van der Waals surface area contributed by atoms with E-state index in [1.54, 1.807) is 6.92 Å². The number of cyclic esters (lactones) is 1. The van der Waals surface area contributed by atoms with Gasteiger partial charge in [-0.1, -0.05) is 37.3 Å². The van der Waals surface area contributed by atoms with E-state index < -0.39 is 5.60 Å². The van der Waals surface area contributed by atoms with Gasteiger partial charge < -0.3 is 9.84 Å². The highest BCUT2D eigenvalue weighted by Gasteiger charge is 2.45. The smallest absolute Gasteiger partial charge is 0.335 e. The van der Waals surface area contributed by atoms with E-state index in [-0.39, 0.29) is 12.6 Å². The first-order valence-electron chi connectivity index (χ1n) is 5.75. The fourth-order valence-electron chi connectivity index (χ4n) is 2.40. The average Bonchev–Trinajstić information content (AvgIpc) is 2.63. The van der Waals surface area contributed by atoms with E-state index in [2.05, 4.69) is 0 Å². The molecule has 17 heavy (non-hydrogen) atoms. The second-order valence-corrected chi connectivity index (χ2v) is 4.20. The van der Waals surface area contributed by atoms with Crippen LogP contribution in [-0.2, 0) is 15.1 Å². The molecular weight excluding hydrogens is 216 g/mol. The molecule has 0 saturated heterocycles. The molecular formula is C14H16O3. The highest BCUT2D eigenvalue weighted by Crippen LogP contribution is 2.43. The number of hydrogen-bond acceptors (Lipinski definition) is 3. The van der Waals surface area contributed by atoms with Crippen LogP contribution >= 0.6 is 0 Å². The van der Waals surface area contributed by atoms with Gasteiger partial charge in [0.2, 0.25) is 0 Å². The minimum absolute atomic E-state index is 0.152. The highest BCUT2D eigenvalue weighted by atomic mass is 16.6. The normalized spacial score (nSPS) is 24.1. The summed E-state index contributed by atoms with van der Waals surface area (Å²) in [6, 6.07) is 9.57. The fourth-order valence-corrected chi connectivity index (χ4v) is 2.40. The lowest BCUT2D eigenvalue weighted by Gasteiger charge is -2.29. The molecule has 1 atom stereocenters. The van der Waals surface area contributed by atoms with E-state index in [0.717, 1.165) is 5.56 Å². The lowest BCUT2D eigenvalue weighted by molar-refractivity contribution is -0.148. The van der Waals surface area contributed by atoms with Crippen LogP contribution in [0.4, 0.5) is 0 Å². The third kappa shape index (κ3) is 1.67. The Balaban J connectivity index is 2.58. The third-order valence-electron chi connectivity index (χ3n) is 3.41. The van der Waals surface area contributed by atoms with Gasteiger partial charge in [-0.3, -0.25) is 0 Å². The molecule has 1 N–H and O–H groups in total. The number of aliphatic hydroxyl groups is 1. The molecule has 2 rings (SSSR count). The van der Waals surface area contributed by atoms with Gasteiger partial charge in [-0.05, 0) is 18.9 Å². The van der Waals surface area contributed by atoms with Crippen molar-refractivity contribution in [1.82, 2.24) is 0 Å². The van der Waals surface area contributed by atoms with Gasteiger partial charge in [0.1, 0.15) is 0 Å². The van der Waals surface area contributed by atoms with Crippen LogP contribution in [0, 0.1) is 0 Å². The molecule has 90 valence electrons. The Hall–Kier alpha value is -1.61. The quantitative estimate of drug-likeness (QED) is 0.812. The van der Waals surface area contributed by atoms with Crippen molar-refractivity contribution in [3.8, 4) is 0 Å². The molecule has 0 aliphatic carbocycles. The molecule has 0 bridgehead atoms. The summed E-state index contributed by atoms with van der Waals surface area (Å²) in [4.78, 5) is 11.7. The minimum atomic E-state index is -0.781. The highest BCUT2D eigenvalue weighted by molar-refractivity contribution is 5.92. The summed E-state index contributed by atoms with van der Waals surface area (Å²) in [5.41, 5.74) is 1.34. The monoisotopic (exact) mass is 232 g/mol. The van der Waals surface area contributed by atoms with Gasteiger partial charge in [0.05, 0.1) is 6.61 Å². The first-order valence-corrected chi connectivity index (χ1v) is 5.75. The summed E-state index contributed by atoms with van der Waals surface area (Å²) < 4.78 is 5.53. The zero-order valence-corrected chi connectivity index (χ0v) is 10.1. The SMILES string of the molecule is CCC1(c2ccccc2)OC(=O)C(C)=C1CO. The van der Waals surface area contributed by atoms with Gasteiger partial charge in [0.15, 0.2) is 5.60 Å². The zero-order valence-electron chi connectivity index (χ0n) is 10.1. The topological polar surface area (TPSA) is 46.5 Å². The molecule has 1 unspecified atom stereocenters. The maximum Gasteiger partial charge on any atom is 0.335 e. The van der Waals surface area contributed by atoms with Crippen molar-refractivity contribution in [2.24, 2.45) is 0 Å². The van der Waals surface area contributed by atoms with Gasteiger partial charge in [-0.15, -0.1) is 0 Å². The van der Waals surface area contributed by atoms with E-state index in [0.29, 0.717) is 17.6 Å². The van der Waals surface area contributed by atoms with Gasteiger partial charge in [0.25, 0.3) is 0 Å². The molecule has 3 nitrogen and oxygen atoms in total. The van der Waals surface area contributed by atoms with Crippen LogP contribution in [0.25, 0.3) is 0 Å². The van der Waals surface area contributed by atoms with Crippen LogP contribution < -0.4 is 0 Å². The maximum atomic E-state index is 11.7. The van der Waals surface area contributed by atoms with Crippen LogP contribution in [0.5, 0.6) is 0 Å². The summed E-state index contributed by atoms with van der Waals surface area (Å²) in [6.07, 6.45) is 0.621. The molecule has 1 aliphatic rings. The first kappa shape index (κ1) is 11.9. The molecule has 1 aromatic rings. The Morgan fingerprint density at radius 2 is 1.94 bits per heavy atom. The molecule has 0 amide bonds. The predicted octanol–water partition coefficient (Wildman–Crippen LogP) is 2.16.